The molecule has 0 aromatic heterocycles. The third kappa shape index (κ3) is 2.56. The first-order valence-electron chi connectivity index (χ1n) is 6.98. The largest absolute Gasteiger partial charge is 0.507 e. The molecular formula is C16H19ClNO+. The smallest absolute Gasteiger partial charge is 0.132 e. The third-order valence-electron chi connectivity index (χ3n) is 4.05. The highest BCUT2D eigenvalue weighted by atomic mass is 35.5. The summed E-state index contributed by atoms with van der Waals surface area (Å²) in [5.41, 5.74) is 0.973. The molecule has 2 aromatic rings. The van der Waals surface area contributed by atoms with Gasteiger partial charge in [0.25, 0.3) is 0 Å². The number of nitrogens with one attached hydrogen (secondary N) is 1. The van der Waals surface area contributed by atoms with Crippen LogP contribution in [0.2, 0.25) is 5.02 Å². The van der Waals surface area contributed by atoms with Gasteiger partial charge in [0, 0.05) is 15.8 Å². The molecule has 1 heterocycles. The van der Waals surface area contributed by atoms with E-state index < -0.39 is 0 Å². The van der Waals surface area contributed by atoms with Gasteiger partial charge in [-0.1, -0.05) is 35.9 Å². The molecule has 3 rings (SSSR count). The summed E-state index contributed by atoms with van der Waals surface area (Å²) in [7, 11) is 0. The van der Waals surface area contributed by atoms with Gasteiger partial charge in [0.05, 0.1) is 18.7 Å². The normalized spacial score (nSPS) is 16.9. The minimum atomic E-state index is 0.401. The van der Waals surface area contributed by atoms with Gasteiger partial charge in [0.2, 0.25) is 0 Å². The van der Waals surface area contributed by atoms with Crippen molar-refractivity contribution in [2.24, 2.45) is 0 Å². The Morgan fingerprint density at radius 3 is 2.47 bits per heavy atom. The molecule has 2 aromatic carbocycles. The second kappa shape index (κ2) is 5.40. The Bertz CT molecular complexity index is 591. The molecule has 0 bridgehead atoms. The zero-order valence-electron chi connectivity index (χ0n) is 11.0. The van der Waals surface area contributed by atoms with Crippen molar-refractivity contribution < 1.29 is 10.0 Å². The van der Waals surface area contributed by atoms with E-state index in [4.69, 9.17) is 11.6 Å². The number of piperidine rings is 1. The van der Waals surface area contributed by atoms with Crippen LogP contribution in [0.25, 0.3) is 10.8 Å². The number of rotatable bonds is 2. The van der Waals surface area contributed by atoms with Crippen LogP contribution < -0.4 is 4.90 Å². The number of hydrogen-bond acceptors (Lipinski definition) is 1. The predicted molar refractivity (Wildman–Crippen MR) is 78.9 cm³/mol. The molecule has 0 saturated carbocycles. The monoisotopic (exact) mass is 276 g/mol. The molecule has 0 radical (unpaired) electrons. The lowest BCUT2D eigenvalue weighted by atomic mass is 10.0. The molecule has 1 aliphatic rings. The van der Waals surface area contributed by atoms with E-state index in [1.807, 2.05) is 30.3 Å². The highest BCUT2D eigenvalue weighted by Gasteiger charge is 2.18. The SMILES string of the molecule is Oc1c(C[NH+]2CCCCC2)cc(Cl)c2ccccc12. The molecule has 0 aliphatic carbocycles. The number of fused-ring (bicyclic) bond motifs is 1. The first-order chi connectivity index (χ1) is 9.25. The van der Waals surface area contributed by atoms with E-state index in [1.165, 1.54) is 32.4 Å². The fourth-order valence-electron chi connectivity index (χ4n) is 3.00. The maximum Gasteiger partial charge on any atom is 0.132 e. The molecule has 2 nitrogen and oxygen atoms in total. The van der Waals surface area contributed by atoms with Crippen molar-refractivity contribution in [2.75, 3.05) is 13.1 Å². The van der Waals surface area contributed by atoms with Gasteiger partial charge in [0.15, 0.2) is 0 Å². The zero-order chi connectivity index (χ0) is 13.2. The Morgan fingerprint density at radius 2 is 1.74 bits per heavy atom. The first kappa shape index (κ1) is 12.8. The average Bonchev–Trinajstić information content (AvgIpc) is 2.46. The first-order valence-corrected chi connectivity index (χ1v) is 7.36. The van der Waals surface area contributed by atoms with Crippen molar-refractivity contribution in [3.63, 3.8) is 0 Å². The number of phenolic OH excluding ortho intramolecular Hbond substituents is 1. The summed E-state index contributed by atoms with van der Waals surface area (Å²) >= 11 is 6.33. The van der Waals surface area contributed by atoms with Crippen LogP contribution in [0.15, 0.2) is 30.3 Å². The van der Waals surface area contributed by atoms with Crippen LogP contribution in [0.1, 0.15) is 24.8 Å². The summed E-state index contributed by atoms with van der Waals surface area (Å²) in [6, 6.07) is 9.71. The van der Waals surface area contributed by atoms with Crippen LogP contribution in [0.4, 0.5) is 0 Å². The molecule has 0 amide bonds. The zero-order valence-corrected chi connectivity index (χ0v) is 11.7. The van der Waals surface area contributed by atoms with E-state index in [0.29, 0.717) is 5.75 Å². The van der Waals surface area contributed by atoms with Crippen molar-refractivity contribution in [3.8, 4) is 5.75 Å². The van der Waals surface area contributed by atoms with Crippen molar-refractivity contribution in [2.45, 2.75) is 25.8 Å². The summed E-state index contributed by atoms with van der Waals surface area (Å²) in [5.74, 6) is 0.401. The second-order valence-electron chi connectivity index (χ2n) is 5.40. The maximum atomic E-state index is 10.4. The Labute approximate surface area is 118 Å². The lowest BCUT2D eigenvalue weighted by Gasteiger charge is -2.24. The molecule has 1 fully saturated rings. The van der Waals surface area contributed by atoms with Gasteiger partial charge in [-0.3, -0.25) is 0 Å². The Balaban J connectivity index is 1.97. The summed E-state index contributed by atoms with van der Waals surface area (Å²) in [6.45, 7) is 3.27. The van der Waals surface area contributed by atoms with Crippen LogP contribution in [0, 0.1) is 0 Å². The van der Waals surface area contributed by atoms with E-state index in [1.54, 1.807) is 4.90 Å². The number of likely N-dealkylation sites (tertiary alicyclic amines) is 1. The van der Waals surface area contributed by atoms with Crippen LogP contribution in [-0.2, 0) is 6.54 Å². The van der Waals surface area contributed by atoms with Crippen LogP contribution in [0.5, 0.6) is 5.75 Å². The third-order valence-corrected chi connectivity index (χ3v) is 4.36. The van der Waals surface area contributed by atoms with Crippen LogP contribution >= 0.6 is 11.6 Å². The highest BCUT2D eigenvalue weighted by Crippen LogP contribution is 2.33. The fraction of sp³-hybridized carbons (Fsp3) is 0.375. The number of quaternary nitrogens is 1. The van der Waals surface area contributed by atoms with Gasteiger partial charge in [0.1, 0.15) is 12.3 Å². The van der Waals surface area contributed by atoms with Crippen molar-refractivity contribution in [1.29, 1.82) is 0 Å². The van der Waals surface area contributed by atoms with E-state index in [2.05, 4.69) is 0 Å². The number of benzene rings is 2. The lowest BCUT2D eigenvalue weighted by molar-refractivity contribution is -0.918. The summed E-state index contributed by atoms with van der Waals surface area (Å²) in [4.78, 5) is 1.55. The van der Waals surface area contributed by atoms with Gasteiger partial charge in [-0.2, -0.15) is 0 Å². The average molecular weight is 277 g/mol. The van der Waals surface area contributed by atoms with Gasteiger partial charge >= 0.3 is 0 Å². The van der Waals surface area contributed by atoms with E-state index in [9.17, 15) is 5.11 Å². The second-order valence-corrected chi connectivity index (χ2v) is 5.81. The topological polar surface area (TPSA) is 24.7 Å². The lowest BCUT2D eigenvalue weighted by Crippen LogP contribution is -3.11. The van der Waals surface area contributed by atoms with Crippen molar-refractivity contribution in [1.82, 2.24) is 0 Å². The minimum absolute atomic E-state index is 0.401. The van der Waals surface area contributed by atoms with Crippen molar-refractivity contribution >= 4 is 22.4 Å². The van der Waals surface area contributed by atoms with Gasteiger partial charge in [-0.25, -0.2) is 0 Å². The predicted octanol–water partition coefficient (Wildman–Crippen LogP) is 2.77. The Morgan fingerprint density at radius 1 is 1.05 bits per heavy atom. The summed E-state index contributed by atoms with van der Waals surface area (Å²) in [5, 5.41) is 13.0. The highest BCUT2D eigenvalue weighted by molar-refractivity contribution is 6.35. The van der Waals surface area contributed by atoms with Gasteiger partial charge in [-0.15, -0.1) is 0 Å². The quantitative estimate of drug-likeness (QED) is 0.866. The molecule has 0 atom stereocenters. The maximum absolute atomic E-state index is 10.4. The molecule has 19 heavy (non-hydrogen) atoms. The van der Waals surface area contributed by atoms with E-state index in [-0.39, 0.29) is 0 Å². The molecule has 3 heteroatoms. The summed E-state index contributed by atoms with van der Waals surface area (Å²) in [6.07, 6.45) is 3.92. The molecule has 0 unspecified atom stereocenters. The number of phenols is 1. The Hall–Kier alpha value is -1.25. The van der Waals surface area contributed by atoms with Gasteiger partial charge < -0.3 is 10.0 Å². The Kier molecular flexibility index (Phi) is 3.63. The molecular weight excluding hydrogens is 258 g/mol. The van der Waals surface area contributed by atoms with Gasteiger partial charge in [-0.05, 0) is 25.3 Å². The standard InChI is InChI=1S/C16H18ClNO/c17-15-10-12(11-18-8-4-1-5-9-18)16(19)14-7-3-2-6-13(14)15/h2-3,6-7,10,19H,1,4-5,8-9,11H2/p+1. The molecule has 2 N–H and O–H groups in total. The number of halogens is 1. The summed E-state index contributed by atoms with van der Waals surface area (Å²) < 4.78 is 0. The number of hydrogen-bond donors (Lipinski definition) is 2. The van der Waals surface area contributed by atoms with E-state index >= 15 is 0 Å². The van der Waals surface area contributed by atoms with Crippen LogP contribution in [-0.4, -0.2) is 18.2 Å². The molecule has 100 valence electrons. The van der Waals surface area contributed by atoms with E-state index in [0.717, 1.165) is 27.9 Å². The fourth-order valence-corrected chi connectivity index (χ4v) is 3.30. The molecule has 1 aliphatic heterocycles. The molecule has 0 spiro atoms. The molecule has 1 saturated heterocycles. The minimum Gasteiger partial charge on any atom is -0.507 e. The van der Waals surface area contributed by atoms with Crippen molar-refractivity contribution in [3.05, 3.63) is 40.9 Å². The van der Waals surface area contributed by atoms with Crippen LogP contribution in [0.3, 0.4) is 0 Å². The number of aromatic hydroxyl groups is 1.